The monoisotopic (exact) mass is 154 g/mol. The van der Waals surface area contributed by atoms with Crippen molar-refractivity contribution in [2.45, 2.75) is 40.5 Å². The van der Waals surface area contributed by atoms with E-state index in [1.54, 1.807) is 0 Å². The second-order valence-electron chi connectivity index (χ2n) is 3.86. The highest BCUT2D eigenvalue weighted by Crippen LogP contribution is 2.21. The summed E-state index contributed by atoms with van der Waals surface area (Å²) in [6, 6.07) is 0. The van der Waals surface area contributed by atoms with Crippen molar-refractivity contribution in [3.63, 3.8) is 0 Å². The molecular formula is C11H22. The van der Waals surface area contributed by atoms with Gasteiger partial charge in [-0.3, -0.25) is 0 Å². The van der Waals surface area contributed by atoms with E-state index in [-0.39, 0.29) is 0 Å². The van der Waals surface area contributed by atoms with E-state index in [9.17, 15) is 0 Å². The van der Waals surface area contributed by atoms with E-state index in [1.807, 2.05) is 0 Å². The molecule has 0 heterocycles. The third kappa shape index (κ3) is 4.23. The maximum Gasteiger partial charge on any atom is -0.0236 e. The molecule has 2 atom stereocenters. The lowest BCUT2D eigenvalue weighted by molar-refractivity contribution is 0.345. The van der Waals surface area contributed by atoms with Gasteiger partial charge in [0.2, 0.25) is 0 Å². The van der Waals surface area contributed by atoms with Gasteiger partial charge in [0.25, 0.3) is 0 Å². The molecule has 0 rings (SSSR count). The van der Waals surface area contributed by atoms with Crippen molar-refractivity contribution in [2.75, 3.05) is 0 Å². The van der Waals surface area contributed by atoms with Crippen LogP contribution in [0.2, 0.25) is 0 Å². The molecule has 0 N–H and O–H groups in total. The molecule has 0 amide bonds. The quantitative estimate of drug-likeness (QED) is 0.527. The lowest BCUT2D eigenvalue weighted by Gasteiger charge is -2.19. The molecule has 0 radical (unpaired) electrons. The second kappa shape index (κ2) is 5.40. The van der Waals surface area contributed by atoms with Gasteiger partial charge in [-0.25, -0.2) is 0 Å². The van der Waals surface area contributed by atoms with Crippen LogP contribution in [0.25, 0.3) is 0 Å². The molecule has 0 fully saturated rings. The predicted octanol–water partition coefficient (Wildman–Crippen LogP) is 3.88. The molecule has 0 saturated carbocycles. The topological polar surface area (TPSA) is 0 Å². The molecule has 0 aliphatic heterocycles. The van der Waals surface area contributed by atoms with Gasteiger partial charge in [-0.2, -0.15) is 0 Å². The summed E-state index contributed by atoms with van der Waals surface area (Å²) in [6.45, 7) is 13.0. The van der Waals surface area contributed by atoms with E-state index < -0.39 is 0 Å². The zero-order valence-electron chi connectivity index (χ0n) is 8.43. The van der Waals surface area contributed by atoms with E-state index in [0.717, 1.165) is 17.8 Å². The first-order valence-electron chi connectivity index (χ1n) is 4.74. The van der Waals surface area contributed by atoms with Gasteiger partial charge in [0, 0.05) is 0 Å². The highest BCUT2D eigenvalue weighted by atomic mass is 14.2. The third-order valence-corrected chi connectivity index (χ3v) is 2.67. The number of allylic oxidation sites excluding steroid dienone is 1. The molecule has 0 aromatic rings. The highest BCUT2D eigenvalue weighted by Gasteiger charge is 2.11. The fourth-order valence-electron chi connectivity index (χ4n) is 1.18. The Bertz CT molecular complexity index is 103. The Labute approximate surface area is 71.7 Å². The van der Waals surface area contributed by atoms with Crippen LogP contribution in [-0.4, -0.2) is 0 Å². The van der Waals surface area contributed by atoms with Crippen LogP contribution >= 0.6 is 0 Å². The molecule has 2 unspecified atom stereocenters. The second-order valence-corrected chi connectivity index (χ2v) is 3.86. The maximum absolute atomic E-state index is 3.84. The highest BCUT2D eigenvalue weighted by molar-refractivity contribution is 4.79. The largest absolute Gasteiger partial charge is 0.103 e. The van der Waals surface area contributed by atoms with Gasteiger partial charge in [0.15, 0.2) is 0 Å². The molecule has 0 aromatic heterocycles. The van der Waals surface area contributed by atoms with Gasteiger partial charge < -0.3 is 0 Å². The Kier molecular flexibility index (Phi) is 5.27. The summed E-state index contributed by atoms with van der Waals surface area (Å²) in [6.07, 6.45) is 4.64. The Morgan fingerprint density at radius 3 is 2.09 bits per heavy atom. The first-order valence-corrected chi connectivity index (χ1v) is 4.74. The van der Waals surface area contributed by atoms with Crippen LogP contribution in [0.5, 0.6) is 0 Å². The molecule has 66 valence electrons. The predicted molar refractivity (Wildman–Crippen MR) is 52.6 cm³/mol. The summed E-state index contributed by atoms with van der Waals surface area (Å²) >= 11 is 0. The maximum atomic E-state index is 3.84. The van der Waals surface area contributed by atoms with Crippen molar-refractivity contribution in [3.8, 4) is 0 Å². The number of hydrogen-bond donors (Lipinski definition) is 0. The van der Waals surface area contributed by atoms with Crippen molar-refractivity contribution in [2.24, 2.45) is 17.8 Å². The van der Waals surface area contributed by atoms with E-state index in [2.05, 4.69) is 40.3 Å². The van der Waals surface area contributed by atoms with Crippen molar-refractivity contribution in [3.05, 3.63) is 12.7 Å². The fourth-order valence-corrected chi connectivity index (χ4v) is 1.18. The summed E-state index contributed by atoms with van der Waals surface area (Å²) in [5.41, 5.74) is 0. The SMILES string of the molecule is C=CC(CC)CC(C)C(C)C. The average Bonchev–Trinajstić information content (AvgIpc) is 1.99. The lowest BCUT2D eigenvalue weighted by Crippen LogP contribution is -2.08. The third-order valence-electron chi connectivity index (χ3n) is 2.67. The summed E-state index contributed by atoms with van der Waals surface area (Å²) < 4.78 is 0. The van der Waals surface area contributed by atoms with Gasteiger partial charge in [-0.05, 0) is 30.6 Å². The van der Waals surface area contributed by atoms with Gasteiger partial charge in [0.05, 0.1) is 0 Å². The Morgan fingerprint density at radius 1 is 1.27 bits per heavy atom. The van der Waals surface area contributed by atoms with Crippen molar-refractivity contribution in [1.29, 1.82) is 0 Å². The molecule has 0 heteroatoms. The Morgan fingerprint density at radius 2 is 1.82 bits per heavy atom. The van der Waals surface area contributed by atoms with Crippen LogP contribution in [-0.2, 0) is 0 Å². The first-order chi connectivity index (χ1) is 5.11. The normalized spacial score (nSPS) is 16.5. The fraction of sp³-hybridized carbons (Fsp3) is 0.818. The van der Waals surface area contributed by atoms with Gasteiger partial charge in [-0.15, -0.1) is 6.58 Å². The van der Waals surface area contributed by atoms with Crippen LogP contribution in [0.4, 0.5) is 0 Å². The van der Waals surface area contributed by atoms with Crippen LogP contribution in [0.15, 0.2) is 12.7 Å². The van der Waals surface area contributed by atoms with Crippen molar-refractivity contribution < 1.29 is 0 Å². The minimum Gasteiger partial charge on any atom is -0.103 e. The minimum atomic E-state index is 0.729. The summed E-state index contributed by atoms with van der Waals surface area (Å²) in [5.74, 6) is 2.37. The van der Waals surface area contributed by atoms with Crippen LogP contribution in [0.3, 0.4) is 0 Å². The number of hydrogen-bond acceptors (Lipinski definition) is 0. The Hall–Kier alpha value is -0.260. The molecule has 0 aromatic carbocycles. The van der Waals surface area contributed by atoms with Crippen molar-refractivity contribution in [1.82, 2.24) is 0 Å². The van der Waals surface area contributed by atoms with Gasteiger partial charge in [0.1, 0.15) is 0 Å². The standard InChI is InChI=1S/C11H22/c1-6-11(7-2)8-10(5)9(3)4/h6,9-11H,1,7-8H2,2-5H3. The molecule has 0 nitrogen and oxygen atoms in total. The summed E-state index contributed by atoms with van der Waals surface area (Å²) in [4.78, 5) is 0. The van der Waals surface area contributed by atoms with Crippen molar-refractivity contribution >= 4 is 0 Å². The smallest absolute Gasteiger partial charge is 0.0236 e. The number of rotatable bonds is 5. The van der Waals surface area contributed by atoms with Crippen LogP contribution < -0.4 is 0 Å². The molecule has 0 bridgehead atoms. The lowest BCUT2D eigenvalue weighted by atomic mass is 9.87. The van der Waals surface area contributed by atoms with Crippen LogP contribution in [0, 0.1) is 17.8 Å². The Balaban J connectivity index is 3.71. The van der Waals surface area contributed by atoms with E-state index in [1.165, 1.54) is 12.8 Å². The molecule has 0 aliphatic rings. The molecule has 11 heavy (non-hydrogen) atoms. The van der Waals surface area contributed by atoms with Gasteiger partial charge in [-0.1, -0.05) is 33.8 Å². The molecule has 0 spiro atoms. The summed E-state index contributed by atoms with van der Waals surface area (Å²) in [5, 5.41) is 0. The zero-order chi connectivity index (χ0) is 8.85. The van der Waals surface area contributed by atoms with E-state index in [4.69, 9.17) is 0 Å². The van der Waals surface area contributed by atoms with Crippen LogP contribution in [0.1, 0.15) is 40.5 Å². The zero-order valence-corrected chi connectivity index (χ0v) is 8.43. The first kappa shape index (κ1) is 10.7. The molecule has 0 saturated heterocycles. The molecule has 0 aliphatic carbocycles. The molecular weight excluding hydrogens is 132 g/mol. The van der Waals surface area contributed by atoms with E-state index >= 15 is 0 Å². The average molecular weight is 154 g/mol. The van der Waals surface area contributed by atoms with E-state index in [0.29, 0.717) is 0 Å². The minimum absolute atomic E-state index is 0.729. The van der Waals surface area contributed by atoms with Gasteiger partial charge >= 0.3 is 0 Å². The summed E-state index contributed by atoms with van der Waals surface area (Å²) in [7, 11) is 0.